The van der Waals surface area contributed by atoms with Crippen molar-refractivity contribution in [2.45, 2.75) is 18.2 Å². The van der Waals surface area contributed by atoms with Gasteiger partial charge in [0.05, 0.1) is 0 Å². The van der Waals surface area contributed by atoms with Crippen LogP contribution in [-0.4, -0.2) is 12.5 Å². The quantitative estimate of drug-likeness (QED) is 0.754. The van der Waals surface area contributed by atoms with Crippen LogP contribution in [-0.2, 0) is 0 Å². The van der Waals surface area contributed by atoms with Gasteiger partial charge in [0, 0.05) is 17.0 Å². The molecule has 1 aliphatic carbocycles. The summed E-state index contributed by atoms with van der Waals surface area (Å²) >= 11 is 4.18. The highest BCUT2D eigenvalue weighted by atomic mass is 32.1. The Hall–Kier alpha value is -0.960. The molecular formula is C12H15NOS. The van der Waals surface area contributed by atoms with Crippen LogP contribution >= 0.6 is 12.6 Å². The number of benzene rings is 1. The molecule has 0 aromatic heterocycles. The van der Waals surface area contributed by atoms with E-state index in [2.05, 4.69) is 24.9 Å². The first-order chi connectivity index (χ1) is 7.16. The number of amides is 1. The standard InChI is InChI=1S/C12H15NOS/c1-8-6-10(8)7-13-12(14)9-2-4-11(15)5-3-9/h2-5,8,10,15H,6-7H2,1H3,(H,13,14). The fourth-order valence-electron chi connectivity index (χ4n) is 1.62. The smallest absolute Gasteiger partial charge is 0.251 e. The van der Waals surface area contributed by atoms with Crippen molar-refractivity contribution in [2.75, 3.05) is 6.54 Å². The summed E-state index contributed by atoms with van der Waals surface area (Å²) in [5, 5.41) is 2.95. The summed E-state index contributed by atoms with van der Waals surface area (Å²) in [7, 11) is 0. The van der Waals surface area contributed by atoms with Crippen molar-refractivity contribution in [1.29, 1.82) is 0 Å². The van der Waals surface area contributed by atoms with Crippen molar-refractivity contribution in [1.82, 2.24) is 5.32 Å². The molecule has 0 spiro atoms. The van der Waals surface area contributed by atoms with Crippen molar-refractivity contribution in [3.8, 4) is 0 Å². The molecule has 0 aliphatic heterocycles. The SMILES string of the molecule is CC1CC1CNC(=O)c1ccc(S)cc1. The maximum Gasteiger partial charge on any atom is 0.251 e. The molecule has 2 rings (SSSR count). The van der Waals surface area contributed by atoms with E-state index in [0.29, 0.717) is 11.5 Å². The van der Waals surface area contributed by atoms with E-state index in [4.69, 9.17) is 0 Å². The van der Waals surface area contributed by atoms with E-state index in [1.165, 1.54) is 6.42 Å². The molecule has 0 radical (unpaired) electrons. The second-order valence-electron chi connectivity index (χ2n) is 4.23. The number of rotatable bonds is 3. The predicted octanol–water partition coefficient (Wildman–Crippen LogP) is 2.36. The highest BCUT2D eigenvalue weighted by Gasteiger charge is 2.32. The summed E-state index contributed by atoms with van der Waals surface area (Å²) in [4.78, 5) is 12.5. The normalized spacial score (nSPS) is 23.6. The van der Waals surface area contributed by atoms with Gasteiger partial charge in [-0.2, -0.15) is 0 Å². The first kappa shape index (κ1) is 10.6. The maximum atomic E-state index is 11.7. The molecule has 1 amide bonds. The van der Waals surface area contributed by atoms with Gasteiger partial charge in [0.25, 0.3) is 5.91 Å². The zero-order valence-electron chi connectivity index (χ0n) is 8.73. The highest BCUT2D eigenvalue weighted by Crippen LogP contribution is 2.36. The van der Waals surface area contributed by atoms with Gasteiger partial charge in [0.1, 0.15) is 0 Å². The second kappa shape index (κ2) is 4.27. The number of thiol groups is 1. The first-order valence-corrected chi connectivity index (χ1v) is 5.69. The topological polar surface area (TPSA) is 29.1 Å². The Balaban J connectivity index is 1.87. The lowest BCUT2D eigenvalue weighted by Gasteiger charge is -2.04. The molecule has 1 saturated carbocycles. The van der Waals surface area contributed by atoms with Crippen LogP contribution in [0.15, 0.2) is 29.2 Å². The molecule has 15 heavy (non-hydrogen) atoms. The summed E-state index contributed by atoms with van der Waals surface area (Å²) in [5.74, 6) is 1.49. The Bertz CT molecular complexity index is 360. The van der Waals surface area contributed by atoms with Crippen LogP contribution in [0.25, 0.3) is 0 Å². The second-order valence-corrected chi connectivity index (χ2v) is 4.75. The van der Waals surface area contributed by atoms with Crippen molar-refractivity contribution >= 4 is 18.5 Å². The van der Waals surface area contributed by atoms with E-state index in [0.717, 1.165) is 17.4 Å². The molecule has 3 heteroatoms. The van der Waals surface area contributed by atoms with Crippen LogP contribution < -0.4 is 5.32 Å². The third kappa shape index (κ3) is 2.75. The largest absolute Gasteiger partial charge is 0.352 e. The molecule has 0 saturated heterocycles. The van der Waals surface area contributed by atoms with Crippen LogP contribution in [0.4, 0.5) is 0 Å². The molecule has 1 fully saturated rings. The summed E-state index contributed by atoms with van der Waals surface area (Å²) in [6.07, 6.45) is 1.25. The summed E-state index contributed by atoms with van der Waals surface area (Å²) < 4.78 is 0. The van der Waals surface area contributed by atoms with Crippen molar-refractivity contribution in [2.24, 2.45) is 11.8 Å². The Morgan fingerprint density at radius 1 is 1.47 bits per heavy atom. The van der Waals surface area contributed by atoms with E-state index >= 15 is 0 Å². The fraction of sp³-hybridized carbons (Fsp3) is 0.417. The van der Waals surface area contributed by atoms with Gasteiger partial charge >= 0.3 is 0 Å². The van der Waals surface area contributed by atoms with Gasteiger partial charge in [-0.3, -0.25) is 4.79 Å². The lowest BCUT2D eigenvalue weighted by atomic mass is 10.2. The molecule has 0 heterocycles. The molecule has 80 valence electrons. The number of carbonyl (C=O) groups excluding carboxylic acids is 1. The molecule has 1 aliphatic rings. The molecule has 2 atom stereocenters. The van der Waals surface area contributed by atoms with Crippen LogP contribution in [0.2, 0.25) is 0 Å². The minimum absolute atomic E-state index is 0.0161. The van der Waals surface area contributed by atoms with Gasteiger partial charge in [0.15, 0.2) is 0 Å². The summed E-state index contributed by atoms with van der Waals surface area (Å²) in [6, 6.07) is 7.26. The Morgan fingerprint density at radius 2 is 2.07 bits per heavy atom. The summed E-state index contributed by atoms with van der Waals surface area (Å²) in [6.45, 7) is 3.02. The average molecular weight is 221 g/mol. The average Bonchev–Trinajstić information content (AvgIpc) is 2.92. The zero-order chi connectivity index (χ0) is 10.8. The Morgan fingerprint density at radius 3 is 2.60 bits per heavy atom. The molecule has 2 unspecified atom stereocenters. The minimum Gasteiger partial charge on any atom is -0.352 e. The third-order valence-corrected chi connectivity index (χ3v) is 3.23. The Kier molecular flexibility index (Phi) is 3.00. The first-order valence-electron chi connectivity index (χ1n) is 5.24. The van der Waals surface area contributed by atoms with E-state index in [1.54, 1.807) is 12.1 Å². The molecule has 1 N–H and O–H groups in total. The Labute approximate surface area is 95.5 Å². The van der Waals surface area contributed by atoms with Crippen LogP contribution in [0.3, 0.4) is 0 Å². The zero-order valence-corrected chi connectivity index (χ0v) is 9.63. The summed E-state index contributed by atoms with van der Waals surface area (Å²) in [5.41, 5.74) is 0.709. The van der Waals surface area contributed by atoms with E-state index in [1.807, 2.05) is 12.1 Å². The molecule has 2 nitrogen and oxygen atoms in total. The van der Waals surface area contributed by atoms with Gasteiger partial charge < -0.3 is 5.32 Å². The van der Waals surface area contributed by atoms with Crippen LogP contribution in [0.1, 0.15) is 23.7 Å². The van der Waals surface area contributed by atoms with E-state index in [9.17, 15) is 4.79 Å². The molecular weight excluding hydrogens is 206 g/mol. The fourth-order valence-corrected chi connectivity index (χ4v) is 1.77. The number of hydrogen-bond donors (Lipinski definition) is 2. The van der Waals surface area contributed by atoms with Gasteiger partial charge in [-0.05, 0) is 42.5 Å². The lowest BCUT2D eigenvalue weighted by molar-refractivity contribution is 0.0951. The molecule has 1 aromatic rings. The van der Waals surface area contributed by atoms with E-state index in [-0.39, 0.29) is 5.91 Å². The highest BCUT2D eigenvalue weighted by molar-refractivity contribution is 7.80. The minimum atomic E-state index is 0.0161. The predicted molar refractivity (Wildman–Crippen MR) is 63.3 cm³/mol. The van der Waals surface area contributed by atoms with Gasteiger partial charge in [0.2, 0.25) is 0 Å². The number of carbonyl (C=O) groups is 1. The monoisotopic (exact) mass is 221 g/mol. The van der Waals surface area contributed by atoms with Gasteiger partial charge in [-0.1, -0.05) is 6.92 Å². The van der Waals surface area contributed by atoms with Gasteiger partial charge in [-0.15, -0.1) is 12.6 Å². The van der Waals surface area contributed by atoms with Crippen LogP contribution in [0.5, 0.6) is 0 Å². The maximum absolute atomic E-state index is 11.7. The van der Waals surface area contributed by atoms with E-state index < -0.39 is 0 Å². The number of hydrogen-bond acceptors (Lipinski definition) is 2. The van der Waals surface area contributed by atoms with Crippen molar-refractivity contribution in [3.05, 3.63) is 29.8 Å². The van der Waals surface area contributed by atoms with Gasteiger partial charge in [-0.25, -0.2) is 0 Å². The third-order valence-electron chi connectivity index (χ3n) is 2.93. The lowest BCUT2D eigenvalue weighted by Crippen LogP contribution is -2.25. The molecule has 1 aromatic carbocycles. The van der Waals surface area contributed by atoms with Crippen LogP contribution in [0, 0.1) is 11.8 Å². The molecule has 0 bridgehead atoms. The van der Waals surface area contributed by atoms with Crippen molar-refractivity contribution < 1.29 is 4.79 Å². The van der Waals surface area contributed by atoms with Crippen molar-refractivity contribution in [3.63, 3.8) is 0 Å². The number of nitrogens with one attached hydrogen (secondary N) is 1.